The molecule has 0 radical (unpaired) electrons. The first-order chi connectivity index (χ1) is 17.6. The molecule has 1 saturated carbocycles. The summed E-state index contributed by atoms with van der Waals surface area (Å²) in [7, 11) is 3.09. The number of ether oxygens (including phenoxy) is 1. The van der Waals surface area contributed by atoms with Crippen LogP contribution in [-0.2, 0) is 0 Å². The van der Waals surface area contributed by atoms with E-state index in [0.29, 0.717) is 17.2 Å². The second kappa shape index (κ2) is 10.2. The number of nitrogens with one attached hydrogen (secondary N) is 3. The minimum Gasteiger partial charge on any atom is -0.480 e. The van der Waals surface area contributed by atoms with E-state index in [1.807, 2.05) is 24.3 Å². The standard InChI is InChI=1S/C28H29N5O3/c1-29-27(35)25-22-12-11-19(15-24(22)32-33-25)20-14-23(28(36-2)30-16-20)26(34)31-21-10-6-9-18(13-21)17-7-4-3-5-8-17/h3-5,7-8,11-12,14-16,18,21H,6,9-10,13H2,1-2H3,(H,29,35)(H,31,34)(H,32,33)/t18-,21+/m0/s1. The Morgan fingerprint density at radius 1 is 1.03 bits per heavy atom. The molecule has 0 saturated heterocycles. The summed E-state index contributed by atoms with van der Waals surface area (Å²) in [6.45, 7) is 0. The number of nitrogens with zero attached hydrogens (tertiary/aromatic N) is 2. The van der Waals surface area contributed by atoms with Crippen molar-refractivity contribution < 1.29 is 14.3 Å². The minimum atomic E-state index is -0.253. The minimum absolute atomic E-state index is 0.0919. The third-order valence-corrected chi connectivity index (χ3v) is 6.91. The molecule has 8 heteroatoms. The molecular formula is C28H29N5O3. The second-order valence-electron chi connectivity index (χ2n) is 9.14. The van der Waals surface area contributed by atoms with Gasteiger partial charge in [-0.25, -0.2) is 4.98 Å². The van der Waals surface area contributed by atoms with Crippen LogP contribution in [0.4, 0.5) is 0 Å². The van der Waals surface area contributed by atoms with E-state index in [2.05, 4.69) is 50.1 Å². The van der Waals surface area contributed by atoms with Gasteiger partial charge in [0.25, 0.3) is 11.8 Å². The molecule has 0 bridgehead atoms. The number of pyridine rings is 1. The first-order valence-electron chi connectivity index (χ1n) is 12.2. The average molecular weight is 484 g/mol. The van der Waals surface area contributed by atoms with Gasteiger partial charge in [0.15, 0.2) is 5.69 Å². The van der Waals surface area contributed by atoms with Crippen molar-refractivity contribution in [1.29, 1.82) is 0 Å². The fourth-order valence-electron chi connectivity index (χ4n) is 5.04. The fraction of sp³-hybridized carbons (Fsp3) is 0.286. The maximum absolute atomic E-state index is 13.4. The van der Waals surface area contributed by atoms with Crippen molar-refractivity contribution >= 4 is 22.7 Å². The Balaban J connectivity index is 1.38. The van der Waals surface area contributed by atoms with Gasteiger partial charge in [0, 0.05) is 30.2 Å². The summed E-state index contributed by atoms with van der Waals surface area (Å²) in [6.07, 6.45) is 5.75. The Bertz CT molecular complexity index is 1400. The Hall–Kier alpha value is -4.20. The fourth-order valence-corrected chi connectivity index (χ4v) is 5.04. The molecule has 1 aliphatic carbocycles. The summed E-state index contributed by atoms with van der Waals surface area (Å²) in [5.74, 6) is 0.286. The van der Waals surface area contributed by atoms with Crippen molar-refractivity contribution in [2.75, 3.05) is 14.2 Å². The van der Waals surface area contributed by atoms with Crippen LogP contribution in [0.3, 0.4) is 0 Å². The molecule has 8 nitrogen and oxygen atoms in total. The topological polar surface area (TPSA) is 109 Å². The van der Waals surface area contributed by atoms with Crippen LogP contribution in [0.5, 0.6) is 5.88 Å². The number of amides is 2. The molecule has 1 aliphatic rings. The zero-order valence-corrected chi connectivity index (χ0v) is 20.4. The highest BCUT2D eigenvalue weighted by Crippen LogP contribution is 2.33. The van der Waals surface area contributed by atoms with Crippen LogP contribution in [0, 0.1) is 0 Å². The highest BCUT2D eigenvalue weighted by molar-refractivity contribution is 6.05. The maximum atomic E-state index is 13.4. The second-order valence-corrected chi connectivity index (χ2v) is 9.14. The van der Waals surface area contributed by atoms with Crippen LogP contribution < -0.4 is 15.4 Å². The number of aromatic nitrogens is 3. The van der Waals surface area contributed by atoms with Gasteiger partial charge in [-0.3, -0.25) is 14.7 Å². The van der Waals surface area contributed by atoms with E-state index in [-0.39, 0.29) is 23.7 Å². The van der Waals surface area contributed by atoms with Crippen molar-refractivity contribution in [2.24, 2.45) is 0 Å². The molecule has 3 N–H and O–H groups in total. The lowest BCUT2D eigenvalue weighted by molar-refractivity contribution is 0.0919. The summed E-state index contributed by atoms with van der Waals surface area (Å²) in [5, 5.41) is 13.6. The number of carbonyl (C=O) groups excluding carboxylic acids is 2. The van der Waals surface area contributed by atoms with Crippen molar-refractivity contribution in [1.82, 2.24) is 25.8 Å². The van der Waals surface area contributed by atoms with Crippen LogP contribution in [0.2, 0.25) is 0 Å². The third kappa shape index (κ3) is 4.66. The molecule has 0 aliphatic heterocycles. The molecule has 1 fully saturated rings. The van der Waals surface area contributed by atoms with E-state index < -0.39 is 0 Å². The largest absolute Gasteiger partial charge is 0.480 e. The first kappa shape index (κ1) is 23.5. The Kier molecular flexibility index (Phi) is 6.66. The van der Waals surface area contributed by atoms with Crippen LogP contribution in [0.25, 0.3) is 22.0 Å². The van der Waals surface area contributed by atoms with Gasteiger partial charge in [0.2, 0.25) is 5.88 Å². The van der Waals surface area contributed by atoms with Gasteiger partial charge in [-0.2, -0.15) is 5.10 Å². The Labute approximate surface area is 209 Å². The molecule has 2 amide bonds. The SMILES string of the molecule is CNC(=O)c1n[nH]c2cc(-c3cnc(OC)c(C(=O)N[C@@H]4CCC[C@H](c5ccccc5)C4)c3)ccc12. The van der Waals surface area contributed by atoms with Crippen LogP contribution in [0.15, 0.2) is 60.8 Å². The van der Waals surface area contributed by atoms with Gasteiger partial charge < -0.3 is 15.4 Å². The number of fused-ring (bicyclic) bond motifs is 1. The van der Waals surface area contributed by atoms with E-state index in [0.717, 1.165) is 47.7 Å². The smallest absolute Gasteiger partial charge is 0.272 e. The summed E-state index contributed by atoms with van der Waals surface area (Å²) >= 11 is 0. The summed E-state index contributed by atoms with van der Waals surface area (Å²) in [5.41, 5.74) is 4.40. The molecule has 36 heavy (non-hydrogen) atoms. The predicted molar refractivity (Wildman–Crippen MR) is 138 cm³/mol. The molecule has 2 heterocycles. The van der Waals surface area contributed by atoms with Crippen molar-refractivity contribution in [3.8, 4) is 17.0 Å². The third-order valence-electron chi connectivity index (χ3n) is 6.91. The van der Waals surface area contributed by atoms with E-state index in [1.165, 1.54) is 12.7 Å². The van der Waals surface area contributed by atoms with E-state index in [1.54, 1.807) is 19.3 Å². The molecule has 5 rings (SSSR count). The number of H-pyrrole nitrogens is 1. The predicted octanol–water partition coefficient (Wildman–Crippen LogP) is 4.45. The van der Waals surface area contributed by atoms with Gasteiger partial charge in [-0.05, 0) is 54.5 Å². The van der Waals surface area contributed by atoms with E-state index >= 15 is 0 Å². The number of carbonyl (C=O) groups is 2. The van der Waals surface area contributed by atoms with Crippen LogP contribution >= 0.6 is 0 Å². The highest BCUT2D eigenvalue weighted by atomic mass is 16.5. The normalized spacial score (nSPS) is 17.5. The lowest BCUT2D eigenvalue weighted by Gasteiger charge is -2.30. The number of benzene rings is 2. The number of methoxy groups -OCH3 is 1. The molecule has 2 atom stereocenters. The van der Waals surface area contributed by atoms with Gasteiger partial charge in [0.1, 0.15) is 5.56 Å². The van der Waals surface area contributed by atoms with Gasteiger partial charge in [-0.15, -0.1) is 0 Å². The highest BCUT2D eigenvalue weighted by Gasteiger charge is 2.26. The summed E-state index contributed by atoms with van der Waals surface area (Å²) < 4.78 is 5.42. The van der Waals surface area contributed by atoms with Gasteiger partial charge in [-0.1, -0.05) is 42.8 Å². The molecule has 0 spiro atoms. The summed E-state index contributed by atoms with van der Waals surface area (Å²) in [6, 6.07) is 18.0. The van der Waals surface area contributed by atoms with Crippen molar-refractivity contribution in [3.05, 3.63) is 77.6 Å². The molecule has 2 aromatic heterocycles. The summed E-state index contributed by atoms with van der Waals surface area (Å²) in [4.78, 5) is 29.8. The molecular weight excluding hydrogens is 454 g/mol. The Morgan fingerprint density at radius 2 is 1.86 bits per heavy atom. The molecule has 2 aromatic carbocycles. The van der Waals surface area contributed by atoms with Gasteiger partial charge >= 0.3 is 0 Å². The first-order valence-corrected chi connectivity index (χ1v) is 12.2. The van der Waals surface area contributed by atoms with E-state index in [4.69, 9.17) is 4.74 Å². The number of hydrogen-bond donors (Lipinski definition) is 3. The molecule has 4 aromatic rings. The monoisotopic (exact) mass is 483 g/mol. The van der Waals surface area contributed by atoms with E-state index in [9.17, 15) is 9.59 Å². The van der Waals surface area contributed by atoms with Crippen molar-refractivity contribution in [2.45, 2.75) is 37.6 Å². The number of aromatic amines is 1. The van der Waals surface area contributed by atoms with Crippen LogP contribution in [-0.4, -0.2) is 47.2 Å². The molecule has 0 unspecified atom stereocenters. The number of hydrogen-bond acceptors (Lipinski definition) is 5. The zero-order valence-electron chi connectivity index (χ0n) is 20.4. The molecule has 184 valence electrons. The zero-order chi connectivity index (χ0) is 25.1. The van der Waals surface area contributed by atoms with Gasteiger partial charge in [0.05, 0.1) is 12.6 Å². The number of rotatable bonds is 6. The maximum Gasteiger partial charge on any atom is 0.272 e. The Morgan fingerprint density at radius 3 is 2.64 bits per heavy atom. The van der Waals surface area contributed by atoms with Crippen molar-refractivity contribution in [3.63, 3.8) is 0 Å². The lowest BCUT2D eigenvalue weighted by Crippen LogP contribution is -2.38. The lowest BCUT2D eigenvalue weighted by atomic mass is 9.81. The average Bonchev–Trinajstić information content (AvgIpc) is 3.36. The van der Waals surface area contributed by atoms with Crippen LogP contribution in [0.1, 0.15) is 58.0 Å². The quantitative estimate of drug-likeness (QED) is 0.375.